The van der Waals surface area contributed by atoms with E-state index in [2.05, 4.69) is 20.2 Å². The Morgan fingerprint density at radius 3 is 2.64 bits per heavy atom. The molecule has 3 heterocycles. The molecule has 1 fully saturated rings. The number of rotatable bonds is 5. The van der Waals surface area contributed by atoms with Gasteiger partial charge in [0.1, 0.15) is 5.82 Å². The normalized spacial score (nSPS) is 17.5. The highest BCUT2D eigenvalue weighted by molar-refractivity contribution is 5.76. The maximum Gasteiger partial charge on any atom is 0.223 e. The second-order valence-corrected chi connectivity index (χ2v) is 7.02. The number of carbonyl (C=O) groups excluding carboxylic acids is 1. The summed E-state index contributed by atoms with van der Waals surface area (Å²) < 4.78 is 5.56. The maximum atomic E-state index is 12.5. The van der Waals surface area contributed by atoms with Crippen LogP contribution in [-0.2, 0) is 11.2 Å². The first kappa shape index (κ1) is 17.5. The summed E-state index contributed by atoms with van der Waals surface area (Å²) in [6.45, 7) is 9.39. The van der Waals surface area contributed by atoms with Crippen molar-refractivity contribution in [1.82, 2.24) is 25.1 Å². The van der Waals surface area contributed by atoms with Crippen LogP contribution in [0.2, 0.25) is 0 Å². The monoisotopic (exact) mass is 343 g/mol. The topological polar surface area (TPSA) is 85.0 Å². The molecule has 0 aliphatic carbocycles. The number of hydrogen-bond donors (Lipinski definition) is 0. The molecule has 1 amide bonds. The minimum atomic E-state index is 0.121. The molecule has 0 spiro atoms. The maximum absolute atomic E-state index is 12.5. The van der Waals surface area contributed by atoms with Gasteiger partial charge in [-0.3, -0.25) is 4.79 Å². The molecule has 25 heavy (non-hydrogen) atoms. The van der Waals surface area contributed by atoms with Crippen molar-refractivity contribution in [2.75, 3.05) is 13.1 Å². The molecule has 1 aliphatic heterocycles. The minimum Gasteiger partial charge on any atom is -0.425 e. The summed E-state index contributed by atoms with van der Waals surface area (Å²) in [5, 5.41) is 8.01. The van der Waals surface area contributed by atoms with Crippen LogP contribution in [0.4, 0.5) is 0 Å². The van der Waals surface area contributed by atoms with E-state index in [-0.39, 0.29) is 17.7 Å². The van der Waals surface area contributed by atoms with Crippen LogP contribution >= 0.6 is 0 Å². The molecular formula is C18H25N5O2. The molecule has 0 saturated carbocycles. The van der Waals surface area contributed by atoms with E-state index in [1.165, 1.54) is 0 Å². The van der Waals surface area contributed by atoms with Gasteiger partial charge in [0.2, 0.25) is 17.7 Å². The lowest BCUT2D eigenvalue weighted by molar-refractivity contribution is -0.130. The molecule has 0 bridgehead atoms. The van der Waals surface area contributed by atoms with Gasteiger partial charge in [-0.25, -0.2) is 9.97 Å². The van der Waals surface area contributed by atoms with Crippen LogP contribution in [0.25, 0.3) is 0 Å². The predicted molar refractivity (Wildman–Crippen MR) is 92.2 cm³/mol. The molecule has 0 radical (unpaired) electrons. The number of amides is 1. The van der Waals surface area contributed by atoms with E-state index < -0.39 is 0 Å². The molecule has 0 unspecified atom stereocenters. The van der Waals surface area contributed by atoms with Gasteiger partial charge in [0.05, 0.1) is 0 Å². The largest absolute Gasteiger partial charge is 0.425 e. The summed E-state index contributed by atoms with van der Waals surface area (Å²) in [6, 6.07) is 1.97. The molecule has 2 aromatic rings. The molecular weight excluding hydrogens is 318 g/mol. The van der Waals surface area contributed by atoms with E-state index in [1.807, 2.05) is 38.7 Å². The summed E-state index contributed by atoms with van der Waals surface area (Å²) in [5.41, 5.74) is 1.95. The number of nitrogens with zero attached hydrogens (tertiary/aromatic N) is 5. The molecule has 1 saturated heterocycles. The first-order valence-electron chi connectivity index (χ1n) is 8.84. The van der Waals surface area contributed by atoms with Crippen molar-refractivity contribution < 1.29 is 9.21 Å². The molecule has 134 valence electrons. The quantitative estimate of drug-likeness (QED) is 0.829. The Balaban J connectivity index is 1.55. The summed E-state index contributed by atoms with van der Waals surface area (Å²) >= 11 is 0. The zero-order valence-corrected chi connectivity index (χ0v) is 15.3. The number of hydrogen-bond acceptors (Lipinski definition) is 6. The van der Waals surface area contributed by atoms with E-state index in [4.69, 9.17) is 4.42 Å². The van der Waals surface area contributed by atoms with E-state index in [1.54, 1.807) is 0 Å². The average Bonchev–Trinajstić information content (AvgIpc) is 3.21. The van der Waals surface area contributed by atoms with Gasteiger partial charge >= 0.3 is 0 Å². The molecule has 0 N–H and O–H groups in total. The van der Waals surface area contributed by atoms with Gasteiger partial charge in [0.25, 0.3) is 0 Å². The van der Waals surface area contributed by atoms with Gasteiger partial charge < -0.3 is 9.32 Å². The second-order valence-electron chi connectivity index (χ2n) is 7.02. The predicted octanol–water partition coefficient (Wildman–Crippen LogP) is 2.55. The minimum absolute atomic E-state index is 0.121. The van der Waals surface area contributed by atoms with E-state index >= 15 is 0 Å². The van der Waals surface area contributed by atoms with Crippen molar-refractivity contribution in [2.24, 2.45) is 0 Å². The van der Waals surface area contributed by atoms with Crippen LogP contribution in [0, 0.1) is 13.8 Å². The third-order valence-corrected chi connectivity index (χ3v) is 4.43. The Bertz CT molecular complexity index is 735. The van der Waals surface area contributed by atoms with Gasteiger partial charge in [-0.1, -0.05) is 13.8 Å². The molecule has 1 aliphatic rings. The fourth-order valence-corrected chi connectivity index (χ4v) is 3.11. The van der Waals surface area contributed by atoms with E-state index in [9.17, 15) is 4.79 Å². The zero-order valence-electron chi connectivity index (χ0n) is 15.3. The fraction of sp³-hybridized carbons (Fsp3) is 0.611. The van der Waals surface area contributed by atoms with Gasteiger partial charge in [0.15, 0.2) is 0 Å². The average molecular weight is 343 g/mol. The highest BCUT2D eigenvalue weighted by Gasteiger charge is 2.29. The molecule has 1 atom stereocenters. The van der Waals surface area contributed by atoms with Crippen molar-refractivity contribution in [3.05, 3.63) is 35.1 Å². The number of aromatic nitrogens is 4. The fourth-order valence-electron chi connectivity index (χ4n) is 3.11. The summed E-state index contributed by atoms with van der Waals surface area (Å²) in [4.78, 5) is 23.4. The van der Waals surface area contributed by atoms with Crippen molar-refractivity contribution >= 4 is 5.91 Å². The molecule has 7 heteroatoms. The Kier molecular flexibility index (Phi) is 5.11. The lowest BCUT2D eigenvalue weighted by Gasteiger charge is -2.16. The number of aryl methyl sites for hydroxylation is 3. The van der Waals surface area contributed by atoms with Gasteiger partial charge in [-0.15, -0.1) is 10.2 Å². The standard InChI is InChI=1S/C18H25N5O2/c1-11(2)18-22-21-15(25-18)5-6-16(24)23-8-7-14(10-23)17-19-12(3)9-13(4)20-17/h9,11,14H,5-8,10H2,1-4H3/t14-/m0/s1. The molecule has 3 rings (SSSR count). The van der Waals surface area contributed by atoms with Gasteiger partial charge in [-0.2, -0.15) is 0 Å². The highest BCUT2D eigenvalue weighted by Crippen LogP contribution is 2.25. The van der Waals surface area contributed by atoms with Gasteiger partial charge in [0, 0.05) is 49.2 Å². The first-order chi connectivity index (χ1) is 11.9. The van der Waals surface area contributed by atoms with Gasteiger partial charge in [-0.05, 0) is 26.3 Å². The van der Waals surface area contributed by atoms with Crippen LogP contribution in [0.3, 0.4) is 0 Å². The Labute approximate surface area is 147 Å². The number of likely N-dealkylation sites (tertiary alicyclic amines) is 1. The molecule has 7 nitrogen and oxygen atoms in total. The van der Waals surface area contributed by atoms with Crippen LogP contribution < -0.4 is 0 Å². The molecule has 0 aromatic carbocycles. The summed E-state index contributed by atoms with van der Waals surface area (Å²) in [5.74, 6) is 2.55. The van der Waals surface area contributed by atoms with Crippen LogP contribution in [0.15, 0.2) is 10.5 Å². The Hall–Kier alpha value is -2.31. The van der Waals surface area contributed by atoms with E-state index in [0.29, 0.717) is 31.2 Å². The van der Waals surface area contributed by atoms with E-state index in [0.717, 1.165) is 30.2 Å². The summed E-state index contributed by atoms with van der Waals surface area (Å²) in [6.07, 6.45) is 1.78. The summed E-state index contributed by atoms with van der Waals surface area (Å²) in [7, 11) is 0. The third kappa shape index (κ3) is 4.21. The third-order valence-electron chi connectivity index (χ3n) is 4.43. The van der Waals surface area contributed by atoms with Crippen molar-refractivity contribution in [1.29, 1.82) is 0 Å². The number of carbonyl (C=O) groups is 1. The van der Waals surface area contributed by atoms with Crippen LogP contribution in [0.5, 0.6) is 0 Å². The van der Waals surface area contributed by atoms with Crippen LogP contribution in [-0.4, -0.2) is 44.1 Å². The second kappa shape index (κ2) is 7.29. The van der Waals surface area contributed by atoms with Crippen molar-refractivity contribution in [3.63, 3.8) is 0 Å². The zero-order chi connectivity index (χ0) is 18.0. The lowest BCUT2D eigenvalue weighted by Crippen LogP contribution is -2.28. The highest BCUT2D eigenvalue weighted by atomic mass is 16.4. The first-order valence-corrected chi connectivity index (χ1v) is 8.84. The van der Waals surface area contributed by atoms with Crippen molar-refractivity contribution in [3.8, 4) is 0 Å². The molecule has 2 aromatic heterocycles. The Morgan fingerprint density at radius 2 is 2.00 bits per heavy atom. The smallest absolute Gasteiger partial charge is 0.223 e. The van der Waals surface area contributed by atoms with Crippen molar-refractivity contribution in [2.45, 2.75) is 58.8 Å². The van der Waals surface area contributed by atoms with Crippen LogP contribution in [0.1, 0.15) is 67.5 Å². The SMILES string of the molecule is Cc1cc(C)nc([C@H]2CCN(C(=O)CCc3nnc(C(C)C)o3)C2)n1. The lowest BCUT2D eigenvalue weighted by atomic mass is 10.1. The Morgan fingerprint density at radius 1 is 1.28 bits per heavy atom.